The first-order chi connectivity index (χ1) is 13.1. The van der Waals surface area contributed by atoms with Crippen molar-refractivity contribution in [1.29, 1.82) is 0 Å². The average Bonchev–Trinajstić information content (AvgIpc) is 2.69. The standard InChI is InChI=1S/C20H23ClN4O2/c21-17-1-3-18(4-2-17)24-20(27)19(26)23-13-15-7-11-25(12-8-15)14-16-5-9-22-10-6-16/h1-6,9-10,15H,7-8,11-14H2,(H,23,26)(H,24,27). The van der Waals surface area contributed by atoms with Crippen molar-refractivity contribution in [3.8, 4) is 0 Å². The Morgan fingerprint density at radius 1 is 1.04 bits per heavy atom. The molecule has 142 valence electrons. The second kappa shape index (κ2) is 9.48. The van der Waals surface area contributed by atoms with Crippen LogP contribution in [0.15, 0.2) is 48.8 Å². The number of likely N-dealkylation sites (tertiary alicyclic amines) is 1. The van der Waals surface area contributed by atoms with Crippen molar-refractivity contribution in [3.05, 3.63) is 59.4 Å². The van der Waals surface area contributed by atoms with E-state index in [-0.39, 0.29) is 0 Å². The molecule has 1 saturated heterocycles. The van der Waals surface area contributed by atoms with Gasteiger partial charge in [0.1, 0.15) is 0 Å². The highest BCUT2D eigenvalue weighted by Gasteiger charge is 2.21. The van der Waals surface area contributed by atoms with E-state index in [9.17, 15) is 9.59 Å². The molecule has 1 aliphatic heterocycles. The lowest BCUT2D eigenvalue weighted by atomic mass is 9.96. The van der Waals surface area contributed by atoms with Crippen molar-refractivity contribution in [3.63, 3.8) is 0 Å². The Morgan fingerprint density at radius 2 is 1.70 bits per heavy atom. The number of benzene rings is 1. The maximum absolute atomic E-state index is 12.0. The van der Waals surface area contributed by atoms with Gasteiger partial charge in [0, 0.05) is 36.2 Å². The highest BCUT2D eigenvalue weighted by atomic mass is 35.5. The van der Waals surface area contributed by atoms with Crippen LogP contribution in [-0.4, -0.2) is 41.3 Å². The van der Waals surface area contributed by atoms with Gasteiger partial charge in [-0.25, -0.2) is 0 Å². The number of carbonyl (C=O) groups is 2. The molecule has 0 spiro atoms. The minimum Gasteiger partial charge on any atom is -0.348 e. The van der Waals surface area contributed by atoms with Crippen LogP contribution in [0.4, 0.5) is 5.69 Å². The minimum absolute atomic E-state index is 0.394. The molecule has 2 N–H and O–H groups in total. The fourth-order valence-corrected chi connectivity index (χ4v) is 3.26. The van der Waals surface area contributed by atoms with Gasteiger partial charge >= 0.3 is 11.8 Å². The second-order valence-electron chi connectivity index (χ2n) is 6.75. The molecule has 1 aromatic carbocycles. The maximum Gasteiger partial charge on any atom is 0.313 e. The van der Waals surface area contributed by atoms with Gasteiger partial charge in [0.15, 0.2) is 0 Å². The van der Waals surface area contributed by atoms with E-state index in [0.717, 1.165) is 32.5 Å². The summed E-state index contributed by atoms with van der Waals surface area (Å²) in [6, 6.07) is 10.7. The predicted molar refractivity (Wildman–Crippen MR) is 105 cm³/mol. The van der Waals surface area contributed by atoms with Gasteiger partial charge in [-0.05, 0) is 73.8 Å². The molecule has 0 atom stereocenters. The Hall–Kier alpha value is -2.44. The van der Waals surface area contributed by atoms with Gasteiger partial charge in [0.05, 0.1) is 0 Å². The van der Waals surface area contributed by atoms with Crippen molar-refractivity contribution in [1.82, 2.24) is 15.2 Å². The van der Waals surface area contributed by atoms with Gasteiger partial charge in [-0.1, -0.05) is 11.6 Å². The van der Waals surface area contributed by atoms with Crippen LogP contribution in [0, 0.1) is 5.92 Å². The molecular formula is C20H23ClN4O2. The molecule has 1 aliphatic rings. The SMILES string of the molecule is O=C(NCC1CCN(Cc2ccncc2)CC1)C(=O)Nc1ccc(Cl)cc1. The van der Waals surface area contributed by atoms with Crippen LogP contribution in [0.3, 0.4) is 0 Å². The number of amides is 2. The van der Waals surface area contributed by atoms with Crippen molar-refractivity contribution >= 4 is 29.1 Å². The van der Waals surface area contributed by atoms with Crippen molar-refractivity contribution in [2.75, 3.05) is 25.0 Å². The third-order valence-electron chi connectivity index (χ3n) is 4.72. The van der Waals surface area contributed by atoms with Crippen LogP contribution in [0.2, 0.25) is 5.02 Å². The highest BCUT2D eigenvalue weighted by Crippen LogP contribution is 2.18. The summed E-state index contributed by atoms with van der Waals surface area (Å²) in [6.07, 6.45) is 5.63. The number of hydrogen-bond acceptors (Lipinski definition) is 4. The van der Waals surface area contributed by atoms with Gasteiger partial charge in [-0.3, -0.25) is 19.5 Å². The minimum atomic E-state index is -0.660. The molecule has 0 bridgehead atoms. The number of nitrogens with one attached hydrogen (secondary N) is 2. The number of piperidine rings is 1. The number of pyridine rings is 1. The molecule has 0 aliphatic carbocycles. The monoisotopic (exact) mass is 386 g/mol. The van der Waals surface area contributed by atoms with Crippen molar-refractivity contribution in [2.45, 2.75) is 19.4 Å². The normalized spacial score (nSPS) is 15.3. The molecule has 0 saturated carbocycles. The first kappa shape index (κ1) is 19.3. The van der Waals surface area contributed by atoms with Crippen LogP contribution in [-0.2, 0) is 16.1 Å². The molecule has 7 heteroatoms. The molecule has 0 radical (unpaired) electrons. The van der Waals surface area contributed by atoms with E-state index in [2.05, 4.69) is 20.5 Å². The average molecular weight is 387 g/mol. The smallest absolute Gasteiger partial charge is 0.313 e. The number of hydrogen-bond donors (Lipinski definition) is 2. The maximum atomic E-state index is 12.0. The molecule has 0 unspecified atom stereocenters. The zero-order chi connectivity index (χ0) is 19.1. The number of aromatic nitrogens is 1. The predicted octanol–water partition coefficient (Wildman–Crippen LogP) is 2.70. The third kappa shape index (κ3) is 6.05. The van der Waals surface area contributed by atoms with Gasteiger partial charge in [-0.2, -0.15) is 0 Å². The summed E-state index contributed by atoms with van der Waals surface area (Å²) in [5.41, 5.74) is 1.81. The molecule has 3 rings (SSSR count). The Balaban J connectivity index is 1.37. The molecule has 2 aromatic rings. The van der Waals surface area contributed by atoms with Crippen LogP contribution < -0.4 is 10.6 Å². The van der Waals surface area contributed by atoms with Gasteiger partial charge in [-0.15, -0.1) is 0 Å². The van der Waals surface area contributed by atoms with E-state index in [1.807, 2.05) is 24.5 Å². The summed E-state index contributed by atoms with van der Waals surface area (Å²) in [5.74, 6) is -0.873. The summed E-state index contributed by atoms with van der Waals surface area (Å²) in [5, 5.41) is 5.89. The lowest BCUT2D eigenvalue weighted by molar-refractivity contribution is -0.136. The number of halogens is 1. The Labute approximate surface area is 163 Å². The van der Waals surface area contributed by atoms with E-state index in [1.54, 1.807) is 24.3 Å². The Morgan fingerprint density at radius 3 is 2.37 bits per heavy atom. The van der Waals surface area contributed by atoms with E-state index in [1.165, 1.54) is 5.56 Å². The summed E-state index contributed by atoms with van der Waals surface area (Å²) in [7, 11) is 0. The summed E-state index contributed by atoms with van der Waals surface area (Å²) >= 11 is 5.80. The number of anilines is 1. The molecule has 1 aromatic heterocycles. The molecular weight excluding hydrogens is 364 g/mol. The fraction of sp³-hybridized carbons (Fsp3) is 0.350. The van der Waals surface area contributed by atoms with E-state index < -0.39 is 11.8 Å². The topological polar surface area (TPSA) is 74.3 Å². The molecule has 6 nitrogen and oxygen atoms in total. The lowest BCUT2D eigenvalue weighted by Gasteiger charge is -2.32. The number of nitrogens with zero attached hydrogens (tertiary/aromatic N) is 2. The summed E-state index contributed by atoms with van der Waals surface area (Å²) in [4.78, 5) is 30.4. The van der Waals surface area contributed by atoms with Gasteiger partial charge in [0.2, 0.25) is 0 Å². The zero-order valence-corrected chi connectivity index (χ0v) is 15.8. The number of rotatable bonds is 5. The second-order valence-corrected chi connectivity index (χ2v) is 7.18. The first-order valence-corrected chi connectivity index (χ1v) is 9.44. The van der Waals surface area contributed by atoms with E-state index in [4.69, 9.17) is 11.6 Å². The largest absolute Gasteiger partial charge is 0.348 e. The zero-order valence-electron chi connectivity index (χ0n) is 15.0. The van der Waals surface area contributed by atoms with Crippen LogP contribution >= 0.6 is 11.6 Å². The number of carbonyl (C=O) groups excluding carboxylic acids is 2. The first-order valence-electron chi connectivity index (χ1n) is 9.06. The molecule has 27 heavy (non-hydrogen) atoms. The summed E-state index contributed by atoms with van der Waals surface area (Å²) < 4.78 is 0. The van der Waals surface area contributed by atoms with Crippen LogP contribution in [0.25, 0.3) is 0 Å². The van der Waals surface area contributed by atoms with E-state index in [0.29, 0.717) is 23.2 Å². The fourth-order valence-electron chi connectivity index (χ4n) is 3.13. The molecule has 1 fully saturated rings. The molecule has 2 amide bonds. The quantitative estimate of drug-likeness (QED) is 0.775. The van der Waals surface area contributed by atoms with E-state index >= 15 is 0 Å². The van der Waals surface area contributed by atoms with Crippen LogP contribution in [0.5, 0.6) is 0 Å². The Bertz CT molecular complexity index is 759. The Kier molecular flexibility index (Phi) is 6.79. The van der Waals surface area contributed by atoms with Gasteiger partial charge in [0.25, 0.3) is 0 Å². The van der Waals surface area contributed by atoms with Crippen molar-refractivity contribution in [2.24, 2.45) is 5.92 Å². The third-order valence-corrected chi connectivity index (χ3v) is 4.97. The lowest BCUT2D eigenvalue weighted by Crippen LogP contribution is -2.41. The van der Waals surface area contributed by atoms with Crippen molar-refractivity contribution < 1.29 is 9.59 Å². The highest BCUT2D eigenvalue weighted by molar-refractivity contribution is 6.39. The van der Waals surface area contributed by atoms with Gasteiger partial charge < -0.3 is 10.6 Å². The molecule has 2 heterocycles. The van der Waals surface area contributed by atoms with Crippen LogP contribution in [0.1, 0.15) is 18.4 Å². The summed E-state index contributed by atoms with van der Waals surface area (Å²) in [6.45, 7) is 3.42.